The van der Waals surface area contributed by atoms with Crippen molar-refractivity contribution in [3.05, 3.63) is 35.4 Å². The Hall–Kier alpha value is -0.340. The normalized spacial score (nSPS) is 17.7. The maximum atomic E-state index is 5.89. The van der Waals surface area contributed by atoms with Gasteiger partial charge >= 0.3 is 0 Å². The van der Waals surface area contributed by atoms with Crippen molar-refractivity contribution in [2.75, 3.05) is 11.9 Å². The van der Waals surface area contributed by atoms with Gasteiger partial charge in [0.05, 0.1) is 12.7 Å². The summed E-state index contributed by atoms with van der Waals surface area (Å²) in [6.07, 6.45) is 2.91. The Morgan fingerprint density at radius 2 is 2.00 bits per heavy atom. The zero-order chi connectivity index (χ0) is 10.7. The van der Waals surface area contributed by atoms with Crippen LogP contribution in [-0.2, 0) is 4.74 Å². The summed E-state index contributed by atoms with van der Waals surface area (Å²) in [5.74, 6) is 0.831. The Balaban J connectivity index is 1.94. The number of hydrogen-bond acceptors (Lipinski definition) is 1. The van der Waals surface area contributed by atoms with Crippen LogP contribution in [0.2, 0.25) is 0 Å². The summed E-state index contributed by atoms with van der Waals surface area (Å²) in [5, 5.41) is 0.878. The zero-order valence-electron chi connectivity index (χ0n) is 9.08. The molecule has 1 nitrogen and oxygen atoms in total. The molecule has 0 spiro atoms. The Morgan fingerprint density at radius 3 is 2.53 bits per heavy atom. The Bertz CT molecular complexity index is 303. The molecule has 1 unspecified atom stereocenters. The summed E-state index contributed by atoms with van der Waals surface area (Å²) in [7, 11) is 0. The van der Waals surface area contributed by atoms with Crippen molar-refractivity contribution in [2.24, 2.45) is 5.92 Å². The summed E-state index contributed by atoms with van der Waals surface area (Å²) < 4.78 is 5.89. The van der Waals surface area contributed by atoms with Gasteiger partial charge in [0.25, 0.3) is 0 Å². The van der Waals surface area contributed by atoms with Gasteiger partial charge in [-0.15, -0.1) is 0 Å². The highest BCUT2D eigenvalue weighted by Gasteiger charge is 2.23. The van der Waals surface area contributed by atoms with Crippen LogP contribution in [0.3, 0.4) is 0 Å². The van der Waals surface area contributed by atoms with Crippen LogP contribution in [0.25, 0.3) is 0 Å². The van der Waals surface area contributed by atoms with Crippen molar-refractivity contribution >= 4 is 15.9 Å². The molecule has 1 aromatic rings. The van der Waals surface area contributed by atoms with Crippen LogP contribution in [-0.4, -0.2) is 11.9 Å². The second-order valence-corrected chi connectivity index (χ2v) is 4.98. The molecule has 82 valence electrons. The van der Waals surface area contributed by atoms with Crippen LogP contribution >= 0.6 is 15.9 Å². The maximum absolute atomic E-state index is 5.89. The van der Waals surface area contributed by atoms with E-state index in [9.17, 15) is 0 Å². The molecule has 2 heteroatoms. The van der Waals surface area contributed by atoms with Gasteiger partial charge in [-0.3, -0.25) is 0 Å². The van der Waals surface area contributed by atoms with Crippen LogP contribution in [0.1, 0.15) is 30.1 Å². The van der Waals surface area contributed by atoms with E-state index in [1.54, 1.807) is 0 Å². The fraction of sp³-hybridized carbons (Fsp3) is 0.538. The number of benzene rings is 1. The van der Waals surface area contributed by atoms with Gasteiger partial charge in [-0.05, 0) is 31.2 Å². The maximum Gasteiger partial charge on any atom is 0.0921 e. The minimum atomic E-state index is 0.214. The molecule has 0 saturated heterocycles. The van der Waals surface area contributed by atoms with Crippen LogP contribution in [0.4, 0.5) is 0 Å². The van der Waals surface area contributed by atoms with Crippen molar-refractivity contribution in [2.45, 2.75) is 25.9 Å². The van der Waals surface area contributed by atoms with E-state index in [1.807, 2.05) is 0 Å². The Morgan fingerprint density at radius 1 is 1.33 bits per heavy atom. The smallest absolute Gasteiger partial charge is 0.0921 e. The molecule has 0 aromatic heterocycles. The fourth-order valence-corrected chi connectivity index (χ4v) is 2.11. The first-order valence-corrected chi connectivity index (χ1v) is 6.66. The Kier molecular flexibility index (Phi) is 3.81. The average molecular weight is 269 g/mol. The highest BCUT2D eigenvalue weighted by Crippen LogP contribution is 2.31. The van der Waals surface area contributed by atoms with E-state index < -0.39 is 0 Å². The largest absolute Gasteiger partial charge is 0.372 e. The third-order valence-corrected chi connectivity index (χ3v) is 3.41. The van der Waals surface area contributed by atoms with Crippen molar-refractivity contribution in [3.63, 3.8) is 0 Å². The van der Waals surface area contributed by atoms with Gasteiger partial charge in [0.1, 0.15) is 0 Å². The molecule has 0 radical (unpaired) electrons. The lowest BCUT2D eigenvalue weighted by molar-refractivity contribution is 0.0619. The number of ether oxygens (including phenoxy) is 1. The molecule has 1 fully saturated rings. The molecule has 1 aliphatic carbocycles. The van der Waals surface area contributed by atoms with Crippen LogP contribution < -0.4 is 0 Å². The molecule has 15 heavy (non-hydrogen) atoms. The van der Waals surface area contributed by atoms with E-state index in [0.717, 1.165) is 17.9 Å². The van der Waals surface area contributed by atoms with Crippen molar-refractivity contribution in [1.82, 2.24) is 0 Å². The molecular weight excluding hydrogens is 252 g/mol. The molecule has 1 saturated carbocycles. The number of alkyl halides is 1. The molecular formula is C13H17BrO. The van der Waals surface area contributed by atoms with E-state index in [1.165, 1.54) is 24.0 Å². The first-order valence-electron chi connectivity index (χ1n) is 5.53. The van der Waals surface area contributed by atoms with E-state index in [-0.39, 0.29) is 6.10 Å². The molecule has 0 bridgehead atoms. The summed E-state index contributed by atoms with van der Waals surface area (Å²) in [4.78, 5) is 0. The fourth-order valence-electron chi connectivity index (χ4n) is 1.55. The van der Waals surface area contributed by atoms with Crippen LogP contribution in [0.5, 0.6) is 0 Å². The van der Waals surface area contributed by atoms with E-state index in [0.29, 0.717) is 0 Å². The van der Waals surface area contributed by atoms with Gasteiger partial charge in [0.2, 0.25) is 0 Å². The number of aryl methyl sites for hydroxylation is 1. The van der Waals surface area contributed by atoms with Gasteiger partial charge in [-0.2, -0.15) is 0 Å². The molecule has 0 N–H and O–H groups in total. The summed E-state index contributed by atoms with van der Waals surface area (Å²) in [6, 6.07) is 8.61. The predicted octanol–water partition coefficient (Wildman–Crippen LogP) is 3.86. The van der Waals surface area contributed by atoms with Crippen molar-refractivity contribution in [3.8, 4) is 0 Å². The number of rotatable bonds is 5. The molecule has 2 rings (SSSR count). The van der Waals surface area contributed by atoms with E-state index in [2.05, 4.69) is 47.1 Å². The van der Waals surface area contributed by atoms with Gasteiger partial charge in [0.15, 0.2) is 0 Å². The lowest BCUT2D eigenvalue weighted by Gasteiger charge is -2.15. The first-order chi connectivity index (χ1) is 7.29. The standard InChI is InChI=1S/C13H17BrO/c1-10-2-6-12(7-3-10)13(8-14)15-9-11-4-5-11/h2-3,6-7,11,13H,4-5,8-9H2,1H3. The average Bonchev–Trinajstić information content (AvgIpc) is 3.05. The Labute approximate surface area is 100.0 Å². The van der Waals surface area contributed by atoms with Crippen LogP contribution in [0, 0.1) is 12.8 Å². The number of halogens is 1. The first kappa shape index (κ1) is 11.2. The molecule has 1 aromatic carbocycles. The molecule has 1 atom stereocenters. The summed E-state index contributed by atoms with van der Waals surface area (Å²) in [5.41, 5.74) is 2.58. The van der Waals surface area contributed by atoms with Crippen molar-refractivity contribution in [1.29, 1.82) is 0 Å². The highest BCUT2D eigenvalue weighted by atomic mass is 79.9. The van der Waals surface area contributed by atoms with Gasteiger partial charge in [-0.25, -0.2) is 0 Å². The molecule has 0 amide bonds. The molecule has 0 heterocycles. The lowest BCUT2D eigenvalue weighted by Crippen LogP contribution is -2.08. The zero-order valence-corrected chi connectivity index (χ0v) is 10.7. The summed E-state index contributed by atoms with van der Waals surface area (Å²) in [6.45, 7) is 3.03. The quantitative estimate of drug-likeness (QED) is 0.737. The van der Waals surface area contributed by atoms with Gasteiger partial charge < -0.3 is 4.74 Å². The van der Waals surface area contributed by atoms with Crippen LogP contribution in [0.15, 0.2) is 24.3 Å². The molecule has 1 aliphatic rings. The minimum Gasteiger partial charge on any atom is -0.372 e. The predicted molar refractivity (Wildman–Crippen MR) is 66.4 cm³/mol. The SMILES string of the molecule is Cc1ccc(C(CBr)OCC2CC2)cc1. The lowest BCUT2D eigenvalue weighted by atomic mass is 10.1. The minimum absolute atomic E-state index is 0.214. The third kappa shape index (κ3) is 3.32. The van der Waals surface area contributed by atoms with Gasteiger partial charge in [-0.1, -0.05) is 45.8 Å². The highest BCUT2D eigenvalue weighted by molar-refractivity contribution is 9.09. The second-order valence-electron chi connectivity index (χ2n) is 4.33. The topological polar surface area (TPSA) is 9.23 Å². The van der Waals surface area contributed by atoms with Gasteiger partial charge in [0, 0.05) is 5.33 Å². The second kappa shape index (κ2) is 5.13. The molecule has 0 aliphatic heterocycles. The monoisotopic (exact) mass is 268 g/mol. The van der Waals surface area contributed by atoms with E-state index >= 15 is 0 Å². The number of hydrogen-bond donors (Lipinski definition) is 0. The van der Waals surface area contributed by atoms with Crippen molar-refractivity contribution < 1.29 is 4.74 Å². The van der Waals surface area contributed by atoms with E-state index in [4.69, 9.17) is 4.74 Å². The third-order valence-electron chi connectivity index (χ3n) is 2.82. The summed E-state index contributed by atoms with van der Waals surface area (Å²) >= 11 is 3.52.